The van der Waals surface area contributed by atoms with E-state index in [2.05, 4.69) is 20.5 Å². The summed E-state index contributed by atoms with van der Waals surface area (Å²) in [6.45, 7) is 2.41. The lowest BCUT2D eigenvalue weighted by molar-refractivity contribution is 0.702. The minimum absolute atomic E-state index is 0.300. The molecule has 0 aliphatic carbocycles. The number of nitrogens with one attached hydrogen (secondary N) is 1. The summed E-state index contributed by atoms with van der Waals surface area (Å²) in [5.74, 6) is 0.365. The normalized spacial score (nSPS) is 11.4. The number of imidazole rings is 1. The van der Waals surface area contributed by atoms with E-state index >= 15 is 0 Å². The second-order valence-electron chi connectivity index (χ2n) is 7.04. The summed E-state index contributed by atoms with van der Waals surface area (Å²) in [4.78, 5) is 33.8. The number of aromatic nitrogens is 5. The molecule has 0 saturated carbocycles. The van der Waals surface area contributed by atoms with Crippen molar-refractivity contribution in [3.05, 3.63) is 86.3 Å². The van der Waals surface area contributed by atoms with E-state index in [1.807, 2.05) is 43.3 Å². The second-order valence-corrected chi connectivity index (χ2v) is 7.04. The van der Waals surface area contributed by atoms with Gasteiger partial charge in [0.05, 0.1) is 12.8 Å². The van der Waals surface area contributed by atoms with Crippen LogP contribution in [0.1, 0.15) is 16.7 Å². The molecule has 4 rings (SSSR count). The third-order valence-electron chi connectivity index (χ3n) is 4.87. The lowest BCUT2D eigenvalue weighted by Crippen LogP contribution is -2.37. The van der Waals surface area contributed by atoms with Gasteiger partial charge in [-0.2, -0.15) is 10.1 Å². The van der Waals surface area contributed by atoms with Gasteiger partial charge in [-0.25, -0.2) is 10.2 Å². The quantitative estimate of drug-likeness (QED) is 0.403. The van der Waals surface area contributed by atoms with E-state index in [1.165, 1.54) is 11.6 Å². The third kappa shape index (κ3) is 3.52. The Hall–Kier alpha value is -4.01. The van der Waals surface area contributed by atoms with Gasteiger partial charge < -0.3 is 0 Å². The number of nitrogens with zero attached hydrogens (tertiary/aromatic N) is 6. The first-order chi connectivity index (χ1) is 14.5. The highest BCUT2D eigenvalue weighted by atomic mass is 16.2. The van der Waals surface area contributed by atoms with Gasteiger partial charge in [-0.15, -0.1) is 0 Å². The maximum Gasteiger partial charge on any atom is 0.332 e. The van der Waals surface area contributed by atoms with Gasteiger partial charge in [0.2, 0.25) is 5.95 Å². The van der Waals surface area contributed by atoms with Crippen LogP contribution in [-0.4, -0.2) is 29.9 Å². The van der Waals surface area contributed by atoms with Gasteiger partial charge >= 0.3 is 5.69 Å². The molecule has 152 valence electrons. The summed E-state index contributed by atoms with van der Waals surface area (Å²) in [5.41, 5.74) is 5.66. The van der Waals surface area contributed by atoms with E-state index in [0.29, 0.717) is 23.7 Å². The molecule has 1 N–H and O–H groups in total. The molecular weight excluding hydrogens is 382 g/mol. The molecular formula is C21H21N7O2. The van der Waals surface area contributed by atoms with Crippen LogP contribution in [0.25, 0.3) is 11.2 Å². The Kier molecular flexibility index (Phi) is 5.01. The van der Waals surface area contributed by atoms with Crippen LogP contribution in [0.3, 0.4) is 0 Å². The van der Waals surface area contributed by atoms with E-state index < -0.39 is 11.2 Å². The molecule has 0 saturated heterocycles. The van der Waals surface area contributed by atoms with Crippen LogP contribution in [0.2, 0.25) is 0 Å². The van der Waals surface area contributed by atoms with Crippen molar-refractivity contribution < 1.29 is 0 Å². The number of pyridine rings is 1. The van der Waals surface area contributed by atoms with E-state index in [0.717, 1.165) is 21.3 Å². The van der Waals surface area contributed by atoms with E-state index in [4.69, 9.17) is 0 Å². The van der Waals surface area contributed by atoms with Gasteiger partial charge in [-0.05, 0) is 18.6 Å². The third-order valence-corrected chi connectivity index (χ3v) is 4.87. The van der Waals surface area contributed by atoms with Gasteiger partial charge in [0.15, 0.2) is 11.2 Å². The average molecular weight is 403 g/mol. The van der Waals surface area contributed by atoms with Crippen LogP contribution in [0.5, 0.6) is 0 Å². The second kappa shape index (κ2) is 7.78. The summed E-state index contributed by atoms with van der Waals surface area (Å²) in [7, 11) is 3.05. The van der Waals surface area contributed by atoms with Gasteiger partial charge in [-0.1, -0.05) is 35.9 Å². The Balaban J connectivity index is 1.83. The largest absolute Gasteiger partial charge is 0.332 e. The standard InChI is InChI=1S/C21H21N7O2/c1-14-6-8-15(9-7-14)13-28-17-18(26(2)21(30)27(3)19(17)29)24-20(28)25-23-12-16-5-4-10-22-11-16/h4-12H,13H2,1-3H3,(H,24,25)/b23-12+. The lowest BCUT2D eigenvalue weighted by atomic mass is 10.1. The first-order valence-electron chi connectivity index (χ1n) is 9.36. The number of anilines is 1. The maximum atomic E-state index is 12.9. The molecule has 3 heterocycles. The highest BCUT2D eigenvalue weighted by Crippen LogP contribution is 2.18. The van der Waals surface area contributed by atoms with Crippen LogP contribution < -0.4 is 16.7 Å². The van der Waals surface area contributed by atoms with Crippen molar-refractivity contribution in [3.63, 3.8) is 0 Å². The zero-order valence-corrected chi connectivity index (χ0v) is 16.9. The minimum atomic E-state index is -0.433. The number of rotatable bonds is 5. The van der Waals surface area contributed by atoms with Crippen molar-refractivity contribution in [3.8, 4) is 0 Å². The Morgan fingerprint density at radius 1 is 1.10 bits per heavy atom. The predicted molar refractivity (Wildman–Crippen MR) is 116 cm³/mol. The molecule has 0 amide bonds. The Morgan fingerprint density at radius 3 is 2.57 bits per heavy atom. The summed E-state index contributed by atoms with van der Waals surface area (Å²) in [6.07, 6.45) is 4.97. The summed E-state index contributed by atoms with van der Waals surface area (Å²) in [6, 6.07) is 11.7. The molecule has 3 aromatic heterocycles. The molecule has 0 fully saturated rings. The predicted octanol–water partition coefficient (Wildman–Crippen LogP) is 1.63. The van der Waals surface area contributed by atoms with Crippen LogP contribution in [0, 0.1) is 6.92 Å². The SMILES string of the molecule is Cc1ccc(Cn2c(N/N=C/c3cccnc3)nc3c2c(=O)n(C)c(=O)n3C)cc1. The van der Waals surface area contributed by atoms with E-state index in [-0.39, 0.29) is 0 Å². The molecule has 0 aliphatic heterocycles. The van der Waals surface area contributed by atoms with Crippen LogP contribution in [-0.2, 0) is 20.6 Å². The van der Waals surface area contributed by atoms with Crippen molar-refractivity contribution in [2.45, 2.75) is 13.5 Å². The zero-order valence-electron chi connectivity index (χ0n) is 16.9. The molecule has 4 aromatic rings. The number of benzene rings is 1. The van der Waals surface area contributed by atoms with Gasteiger partial charge in [0.1, 0.15) is 0 Å². The highest BCUT2D eigenvalue weighted by Gasteiger charge is 2.19. The molecule has 0 spiro atoms. The minimum Gasteiger partial charge on any atom is -0.298 e. The molecule has 0 unspecified atom stereocenters. The van der Waals surface area contributed by atoms with E-state index in [1.54, 1.807) is 30.2 Å². The highest BCUT2D eigenvalue weighted by molar-refractivity contribution is 5.80. The molecule has 0 radical (unpaired) electrons. The Bertz CT molecular complexity index is 1350. The van der Waals surface area contributed by atoms with E-state index in [9.17, 15) is 9.59 Å². The molecule has 9 nitrogen and oxygen atoms in total. The topological polar surface area (TPSA) is 99.1 Å². The number of hydrazone groups is 1. The Labute approximate surface area is 172 Å². The number of aryl methyl sites for hydroxylation is 2. The summed E-state index contributed by atoms with van der Waals surface area (Å²) < 4.78 is 4.18. The first kappa shape index (κ1) is 19.3. The maximum absolute atomic E-state index is 12.9. The molecule has 30 heavy (non-hydrogen) atoms. The first-order valence-corrected chi connectivity index (χ1v) is 9.36. The fraction of sp³-hybridized carbons (Fsp3) is 0.190. The Morgan fingerprint density at radius 2 is 1.87 bits per heavy atom. The fourth-order valence-electron chi connectivity index (χ4n) is 3.18. The van der Waals surface area contributed by atoms with Crippen LogP contribution in [0.15, 0.2) is 63.5 Å². The smallest absolute Gasteiger partial charge is 0.298 e. The fourth-order valence-corrected chi connectivity index (χ4v) is 3.18. The summed E-state index contributed by atoms with van der Waals surface area (Å²) in [5, 5.41) is 4.23. The molecule has 9 heteroatoms. The zero-order chi connectivity index (χ0) is 21.3. The van der Waals surface area contributed by atoms with Crippen LogP contribution in [0.4, 0.5) is 5.95 Å². The van der Waals surface area contributed by atoms with Crippen molar-refractivity contribution in [2.24, 2.45) is 19.2 Å². The monoisotopic (exact) mass is 403 g/mol. The summed E-state index contributed by atoms with van der Waals surface area (Å²) >= 11 is 0. The van der Waals surface area contributed by atoms with Gasteiger partial charge in [-0.3, -0.25) is 23.5 Å². The molecule has 1 aromatic carbocycles. The van der Waals surface area contributed by atoms with Gasteiger partial charge in [0, 0.05) is 32.1 Å². The molecule has 0 aliphatic rings. The number of hydrogen-bond donors (Lipinski definition) is 1. The number of hydrogen-bond acceptors (Lipinski definition) is 6. The van der Waals surface area contributed by atoms with Crippen molar-refractivity contribution in [1.82, 2.24) is 23.7 Å². The number of fused-ring (bicyclic) bond motifs is 1. The van der Waals surface area contributed by atoms with Gasteiger partial charge in [0.25, 0.3) is 5.56 Å². The molecule has 0 bridgehead atoms. The van der Waals surface area contributed by atoms with Crippen molar-refractivity contribution >= 4 is 23.3 Å². The lowest BCUT2D eigenvalue weighted by Gasteiger charge is -2.09. The van der Waals surface area contributed by atoms with Crippen molar-refractivity contribution in [1.29, 1.82) is 0 Å². The molecule has 0 atom stereocenters. The average Bonchev–Trinajstić information content (AvgIpc) is 3.11. The van der Waals surface area contributed by atoms with Crippen molar-refractivity contribution in [2.75, 3.05) is 5.43 Å². The van der Waals surface area contributed by atoms with Crippen LogP contribution >= 0.6 is 0 Å².